The first kappa shape index (κ1) is 18.2. The average molecular weight is 391 g/mol. The van der Waals surface area contributed by atoms with Crippen LogP contribution in [0.1, 0.15) is 17.0 Å². The van der Waals surface area contributed by atoms with Crippen molar-refractivity contribution in [3.05, 3.63) is 82.8 Å². The largest absolute Gasteiger partial charge is 0.324 e. The van der Waals surface area contributed by atoms with Gasteiger partial charge in [0.25, 0.3) is 0 Å². The molecule has 0 unspecified atom stereocenters. The van der Waals surface area contributed by atoms with Crippen LogP contribution in [0.4, 0.5) is 5.69 Å². The monoisotopic (exact) mass is 390 g/mol. The maximum absolute atomic E-state index is 12.7. The van der Waals surface area contributed by atoms with Crippen molar-refractivity contribution in [2.45, 2.75) is 20.3 Å². The highest BCUT2D eigenvalue weighted by atomic mass is 35.5. The molecule has 2 aromatic heterocycles. The molecule has 0 bridgehead atoms. The van der Waals surface area contributed by atoms with Crippen molar-refractivity contribution < 1.29 is 4.79 Å². The molecule has 1 amide bonds. The van der Waals surface area contributed by atoms with Crippen LogP contribution in [0.2, 0.25) is 5.02 Å². The number of pyridine rings is 1. The molecule has 2 aromatic carbocycles. The molecule has 4 rings (SSSR count). The van der Waals surface area contributed by atoms with Gasteiger partial charge in [0.2, 0.25) is 5.91 Å². The van der Waals surface area contributed by atoms with Crippen LogP contribution in [-0.2, 0) is 11.2 Å². The zero-order valence-corrected chi connectivity index (χ0v) is 16.4. The summed E-state index contributed by atoms with van der Waals surface area (Å²) in [5.74, 6) is -0.0972. The zero-order valence-electron chi connectivity index (χ0n) is 15.6. The summed E-state index contributed by atoms with van der Waals surface area (Å²) in [5, 5.41) is 9.25. The van der Waals surface area contributed by atoms with E-state index in [1.54, 1.807) is 6.20 Å². The van der Waals surface area contributed by atoms with E-state index in [4.69, 9.17) is 11.6 Å². The molecule has 140 valence electrons. The molecule has 0 aliphatic rings. The van der Waals surface area contributed by atoms with Crippen LogP contribution in [0.3, 0.4) is 0 Å². The lowest BCUT2D eigenvalue weighted by Crippen LogP contribution is -2.15. The molecule has 0 saturated carbocycles. The van der Waals surface area contributed by atoms with Gasteiger partial charge in [-0.05, 0) is 50.2 Å². The Bertz CT molecular complexity index is 1160. The minimum absolute atomic E-state index is 0.0972. The standard InChI is InChI=1S/C22H19ClN4O/c1-14-19(15(2)27(26-14)18-10-8-17(23)9-11-18)13-21(28)25-20-7-3-5-16-6-4-12-24-22(16)20/h3-12H,13H2,1-2H3,(H,25,28). The number of aromatic nitrogens is 3. The molecule has 0 spiro atoms. The maximum Gasteiger partial charge on any atom is 0.228 e. The molecule has 1 N–H and O–H groups in total. The van der Waals surface area contributed by atoms with Gasteiger partial charge in [0.05, 0.1) is 29.0 Å². The number of hydrogen-bond donors (Lipinski definition) is 1. The Morgan fingerprint density at radius 3 is 2.61 bits per heavy atom. The van der Waals surface area contributed by atoms with Crippen LogP contribution < -0.4 is 5.32 Å². The second-order valence-corrected chi connectivity index (χ2v) is 7.08. The van der Waals surface area contributed by atoms with Crippen molar-refractivity contribution in [3.63, 3.8) is 0 Å². The third-order valence-electron chi connectivity index (χ3n) is 4.76. The molecule has 2 heterocycles. The number of fused-ring (bicyclic) bond motifs is 1. The lowest BCUT2D eigenvalue weighted by atomic mass is 10.1. The van der Waals surface area contributed by atoms with E-state index < -0.39 is 0 Å². The lowest BCUT2D eigenvalue weighted by molar-refractivity contribution is -0.115. The zero-order chi connectivity index (χ0) is 19.7. The van der Waals surface area contributed by atoms with Gasteiger partial charge in [0.15, 0.2) is 0 Å². The maximum atomic E-state index is 12.7. The first-order chi connectivity index (χ1) is 13.5. The predicted octanol–water partition coefficient (Wildman–Crippen LogP) is 4.87. The van der Waals surface area contributed by atoms with Crippen molar-refractivity contribution >= 4 is 34.1 Å². The van der Waals surface area contributed by atoms with Crippen molar-refractivity contribution in [2.24, 2.45) is 0 Å². The normalized spacial score (nSPS) is 11.0. The highest BCUT2D eigenvalue weighted by Gasteiger charge is 2.16. The van der Waals surface area contributed by atoms with Gasteiger partial charge in [-0.2, -0.15) is 5.10 Å². The van der Waals surface area contributed by atoms with Crippen molar-refractivity contribution in [3.8, 4) is 5.69 Å². The predicted molar refractivity (Wildman–Crippen MR) is 112 cm³/mol. The van der Waals surface area contributed by atoms with Crippen molar-refractivity contribution in [1.82, 2.24) is 14.8 Å². The van der Waals surface area contributed by atoms with Gasteiger partial charge in [-0.25, -0.2) is 4.68 Å². The number of anilines is 1. The molecule has 4 aromatic rings. The van der Waals surface area contributed by atoms with E-state index in [1.807, 2.05) is 73.1 Å². The fourth-order valence-electron chi connectivity index (χ4n) is 3.32. The number of rotatable bonds is 4. The number of halogens is 1. The van der Waals surface area contributed by atoms with Crippen molar-refractivity contribution in [1.29, 1.82) is 0 Å². The Hall–Kier alpha value is -3.18. The van der Waals surface area contributed by atoms with Crippen LogP contribution in [-0.4, -0.2) is 20.7 Å². The summed E-state index contributed by atoms with van der Waals surface area (Å²) in [5.41, 5.74) is 5.09. The fourth-order valence-corrected chi connectivity index (χ4v) is 3.45. The highest BCUT2D eigenvalue weighted by molar-refractivity contribution is 6.30. The van der Waals surface area contributed by atoms with E-state index in [9.17, 15) is 4.79 Å². The molecule has 0 saturated heterocycles. The van der Waals surface area contributed by atoms with Gasteiger partial charge in [-0.15, -0.1) is 0 Å². The van der Waals surface area contributed by atoms with E-state index in [0.717, 1.165) is 33.5 Å². The molecule has 0 aliphatic carbocycles. The smallest absolute Gasteiger partial charge is 0.228 e. The minimum atomic E-state index is -0.0972. The fraction of sp³-hybridized carbons (Fsp3) is 0.136. The summed E-state index contributed by atoms with van der Waals surface area (Å²) < 4.78 is 1.84. The van der Waals surface area contributed by atoms with Crippen molar-refractivity contribution in [2.75, 3.05) is 5.32 Å². The molecule has 0 atom stereocenters. The lowest BCUT2D eigenvalue weighted by Gasteiger charge is -2.09. The first-order valence-corrected chi connectivity index (χ1v) is 9.35. The van der Waals surface area contributed by atoms with Gasteiger partial charge in [-0.3, -0.25) is 9.78 Å². The van der Waals surface area contributed by atoms with Gasteiger partial charge in [0.1, 0.15) is 0 Å². The molecule has 6 heteroatoms. The van der Waals surface area contributed by atoms with E-state index in [2.05, 4.69) is 15.4 Å². The number of aryl methyl sites for hydroxylation is 1. The Morgan fingerprint density at radius 2 is 1.82 bits per heavy atom. The van der Waals surface area contributed by atoms with Crippen LogP contribution in [0.15, 0.2) is 60.8 Å². The second-order valence-electron chi connectivity index (χ2n) is 6.64. The molecule has 0 aliphatic heterocycles. The number of amides is 1. The Labute approximate surface area is 168 Å². The van der Waals surface area contributed by atoms with Crippen LogP contribution in [0, 0.1) is 13.8 Å². The Balaban J connectivity index is 1.59. The highest BCUT2D eigenvalue weighted by Crippen LogP contribution is 2.23. The van der Waals surface area contributed by atoms with Gasteiger partial charge < -0.3 is 5.32 Å². The molecular weight excluding hydrogens is 372 g/mol. The van der Waals surface area contributed by atoms with E-state index in [0.29, 0.717) is 10.7 Å². The Kier molecular flexibility index (Phi) is 4.84. The third-order valence-corrected chi connectivity index (χ3v) is 5.01. The molecular formula is C22H19ClN4O. The van der Waals surface area contributed by atoms with E-state index >= 15 is 0 Å². The van der Waals surface area contributed by atoms with Gasteiger partial charge >= 0.3 is 0 Å². The molecule has 0 radical (unpaired) electrons. The number of carbonyl (C=O) groups excluding carboxylic acids is 1. The summed E-state index contributed by atoms with van der Waals surface area (Å²) in [6.07, 6.45) is 1.97. The second kappa shape index (κ2) is 7.44. The SMILES string of the molecule is Cc1nn(-c2ccc(Cl)cc2)c(C)c1CC(=O)Nc1cccc2cccnc12. The molecule has 0 fully saturated rings. The molecule has 28 heavy (non-hydrogen) atoms. The van der Waals surface area contributed by atoms with Crippen LogP contribution >= 0.6 is 11.6 Å². The quantitative estimate of drug-likeness (QED) is 0.540. The van der Waals surface area contributed by atoms with E-state index in [1.165, 1.54) is 0 Å². The summed E-state index contributed by atoms with van der Waals surface area (Å²) in [4.78, 5) is 17.1. The average Bonchev–Trinajstić information content (AvgIpc) is 2.97. The van der Waals surface area contributed by atoms with Gasteiger partial charge in [0, 0.05) is 27.9 Å². The summed E-state index contributed by atoms with van der Waals surface area (Å²) in [6.45, 7) is 3.89. The number of nitrogens with one attached hydrogen (secondary N) is 1. The summed E-state index contributed by atoms with van der Waals surface area (Å²) in [7, 11) is 0. The third kappa shape index (κ3) is 3.49. The Morgan fingerprint density at radius 1 is 1.07 bits per heavy atom. The summed E-state index contributed by atoms with van der Waals surface area (Å²) in [6, 6.07) is 17.1. The number of benzene rings is 2. The van der Waals surface area contributed by atoms with E-state index in [-0.39, 0.29) is 12.3 Å². The topological polar surface area (TPSA) is 59.8 Å². The number of para-hydroxylation sites is 1. The molecule has 5 nitrogen and oxygen atoms in total. The van der Waals surface area contributed by atoms with Crippen LogP contribution in [0.5, 0.6) is 0 Å². The number of hydrogen-bond acceptors (Lipinski definition) is 3. The summed E-state index contributed by atoms with van der Waals surface area (Å²) >= 11 is 5.98. The van der Waals surface area contributed by atoms with Crippen LogP contribution in [0.25, 0.3) is 16.6 Å². The minimum Gasteiger partial charge on any atom is -0.324 e. The first-order valence-electron chi connectivity index (χ1n) is 8.97. The van der Waals surface area contributed by atoms with Gasteiger partial charge in [-0.1, -0.05) is 29.8 Å². The number of carbonyl (C=O) groups is 1. The number of nitrogens with zero attached hydrogens (tertiary/aromatic N) is 3.